The van der Waals surface area contributed by atoms with Gasteiger partial charge in [0.25, 0.3) is 5.91 Å². The average molecular weight is 558 g/mol. The fourth-order valence-electron chi connectivity index (χ4n) is 5.42. The number of halogens is 3. The molecule has 0 spiro atoms. The third kappa shape index (κ3) is 6.37. The van der Waals surface area contributed by atoms with E-state index in [-0.39, 0.29) is 53.8 Å². The van der Waals surface area contributed by atoms with Gasteiger partial charge in [-0.25, -0.2) is 13.4 Å². The summed E-state index contributed by atoms with van der Waals surface area (Å²) < 4.78 is 63.0. The number of carbonyl (C=O) groups excluding carboxylic acids is 1. The van der Waals surface area contributed by atoms with Crippen LogP contribution < -0.4 is 5.32 Å². The van der Waals surface area contributed by atoms with E-state index >= 15 is 0 Å². The Kier molecular flexibility index (Phi) is 8.35. The monoisotopic (exact) mass is 557 g/mol. The van der Waals surface area contributed by atoms with E-state index in [4.69, 9.17) is 0 Å². The number of hydrogen-bond donors (Lipinski definition) is 1. The minimum Gasteiger partial charge on any atom is -0.346 e. The highest BCUT2D eigenvalue weighted by molar-refractivity contribution is 7.91. The van der Waals surface area contributed by atoms with Crippen LogP contribution >= 0.6 is 11.3 Å². The van der Waals surface area contributed by atoms with Crippen LogP contribution in [0, 0.1) is 17.8 Å². The molecule has 1 atom stereocenters. The van der Waals surface area contributed by atoms with Gasteiger partial charge in [0.05, 0.1) is 28.3 Å². The third-order valence-electron chi connectivity index (χ3n) is 7.49. The van der Waals surface area contributed by atoms with Gasteiger partial charge < -0.3 is 5.32 Å². The molecule has 1 N–H and O–H groups in total. The van der Waals surface area contributed by atoms with Crippen LogP contribution in [0.2, 0.25) is 0 Å². The fourth-order valence-corrected chi connectivity index (χ4v) is 7.35. The molecule has 2 heterocycles. The number of rotatable bonds is 8. The SMILES string of the molecule is CCS(=O)(=O)c1ccc(CNC(=O)c2nc3c(s2)CN(C[C@H]2CC[C@H](C(F)(F)F)CC2)[C@H]3C(C)C)cc1. The van der Waals surface area contributed by atoms with Crippen LogP contribution in [0.1, 0.15) is 78.4 Å². The molecule has 11 heteroatoms. The number of amides is 1. The van der Waals surface area contributed by atoms with Crippen LogP contribution in [0.15, 0.2) is 29.2 Å². The molecular formula is C26H34F3N3O3S2. The number of aromatic nitrogens is 1. The molecule has 1 aliphatic heterocycles. The highest BCUT2D eigenvalue weighted by Gasteiger charge is 2.43. The molecule has 0 unspecified atom stereocenters. The average Bonchev–Trinajstić information content (AvgIpc) is 3.40. The molecule has 4 rings (SSSR count). The first-order chi connectivity index (χ1) is 17.4. The van der Waals surface area contributed by atoms with Crippen LogP contribution in [0.25, 0.3) is 0 Å². The van der Waals surface area contributed by atoms with Gasteiger partial charge in [0.2, 0.25) is 0 Å². The second-order valence-electron chi connectivity index (χ2n) is 10.4. The molecular weight excluding hydrogens is 523 g/mol. The van der Waals surface area contributed by atoms with Gasteiger partial charge in [0, 0.05) is 24.5 Å². The summed E-state index contributed by atoms with van der Waals surface area (Å²) in [5.74, 6) is -0.913. The lowest BCUT2D eigenvalue weighted by Gasteiger charge is -2.35. The third-order valence-corrected chi connectivity index (χ3v) is 10.3. The van der Waals surface area contributed by atoms with Crippen LogP contribution in [0.5, 0.6) is 0 Å². The summed E-state index contributed by atoms with van der Waals surface area (Å²) in [7, 11) is -3.27. The predicted molar refractivity (Wildman–Crippen MR) is 137 cm³/mol. The molecule has 1 aromatic heterocycles. The van der Waals surface area contributed by atoms with Gasteiger partial charge in [-0.3, -0.25) is 9.69 Å². The van der Waals surface area contributed by atoms with Crippen molar-refractivity contribution >= 4 is 27.1 Å². The number of fused-ring (bicyclic) bond motifs is 1. The highest BCUT2D eigenvalue weighted by atomic mass is 32.2. The van der Waals surface area contributed by atoms with Crippen molar-refractivity contribution < 1.29 is 26.4 Å². The first-order valence-corrected chi connectivity index (χ1v) is 15.3. The zero-order chi connectivity index (χ0) is 27.0. The van der Waals surface area contributed by atoms with Gasteiger partial charge in [-0.2, -0.15) is 13.2 Å². The Morgan fingerprint density at radius 3 is 2.38 bits per heavy atom. The summed E-state index contributed by atoms with van der Waals surface area (Å²) in [5, 5.41) is 3.26. The molecule has 1 amide bonds. The van der Waals surface area contributed by atoms with E-state index in [1.165, 1.54) is 11.3 Å². The van der Waals surface area contributed by atoms with Crippen molar-refractivity contribution in [3.05, 3.63) is 45.4 Å². The number of sulfone groups is 1. The van der Waals surface area contributed by atoms with Crippen LogP contribution in [0.4, 0.5) is 13.2 Å². The Hall–Kier alpha value is -1.98. The largest absolute Gasteiger partial charge is 0.391 e. The zero-order valence-electron chi connectivity index (χ0n) is 21.3. The van der Waals surface area contributed by atoms with E-state index in [0.717, 1.165) is 22.7 Å². The molecule has 0 bridgehead atoms. The number of nitrogens with zero attached hydrogens (tertiary/aromatic N) is 2. The molecule has 1 aromatic carbocycles. The Morgan fingerprint density at radius 2 is 1.81 bits per heavy atom. The molecule has 1 saturated carbocycles. The van der Waals surface area contributed by atoms with E-state index in [1.807, 2.05) is 0 Å². The molecule has 0 saturated heterocycles. The van der Waals surface area contributed by atoms with Gasteiger partial charge in [0.1, 0.15) is 0 Å². The summed E-state index contributed by atoms with van der Waals surface area (Å²) in [6, 6.07) is 6.53. The number of alkyl halides is 3. The standard InChI is InChI=1S/C26H34F3N3O3S2/c1-4-37(34,35)20-11-7-17(8-12-20)13-30-24(33)25-31-22-21(36-25)15-32(23(22)16(2)3)14-18-5-9-19(10-6-18)26(27,28)29/h7-8,11-12,16,18-19,23H,4-6,9-10,13-15H2,1-3H3,(H,30,33)/t18-,19-,23-/m0/s1. The van der Waals surface area contributed by atoms with Crippen molar-refractivity contribution in [2.45, 2.75) is 76.7 Å². The maximum atomic E-state index is 13.0. The second kappa shape index (κ2) is 11.0. The smallest absolute Gasteiger partial charge is 0.346 e. The molecule has 6 nitrogen and oxygen atoms in total. The molecule has 1 aliphatic carbocycles. The van der Waals surface area contributed by atoms with E-state index in [2.05, 4.69) is 29.0 Å². The van der Waals surface area contributed by atoms with E-state index in [1.54, 1.807) is 31.2 Å². The summed E-state index contributed by atoms with van der Waals surface area (Å²) in [6.07, 6.45) is -2.51. The van der Waals surface area contributed by atoms with Crippen LogP contribution in [-0.4, -0.2) is 42.7 Å². The molecule has 1 fully saturated rings. The number of thiazole rings is 1. The molecule has 2 aliphatic rings. The van der Waals surface area contributed by atoms with E-state index in [0.29, 0.717) is 24.4 Å². The maximum absolute atomic E-state index is 13.0. The Balaban J connectivity index is 1.36. The number of benzene rings is 1. The molecule has 37 heavy (non-hydrogen) atoms. The zero-order valence-corrected chi connectivity index (χ0v) is 23.0. The normalized spacial score (nSPS) is 22.8. The van der Waals surface area contributed by atoms with Gasteiger partial charge in [-0.15, -0.1) is 11.3 Å². The van der Waals surface area contributed by atoms with E-state index in [9.17, 15) is 26.4 Å². The summed E-state index contributed by atoms with van der Waals surface area (Å²) in [5.41, 5.74) is 1.70. The second-order valence-corrected chi connectivity index (χ2v) is 13.8. The van der Waals surface area contributed by atoms with Gasteiger partial charge in [-0.1, -0.05) is 32.9 Å². The fraction of sp³-hybridized carbons (Fsp3) is 0.615. The minimum atomic E-state index is -4.09. The van der Waals surface area contributed by atoms with Crippen molar-refractivity contribution in [1.82, 2.24) is 15.2 Å². The van der Waals surface area contributed by atoms with Gasteiger partial charge in [-0.05, 0) is 55.2 Å². The van der Waals surface area contributed by atoms with Crippen molar-refractivity contribution in [1.29, 1.82) is 0 Å². The van der Waals surface area contributed by atoms with Crippen molar-refractivity contribution in [3.63, 3.8) is 0 Å². The van der Waals surface area contributed by atoms with E-state index < -0.39 is 21.9 Å². The number of nitrogens with one attached hydrogen (secondary N) is 1. The number of hydrogen-bond acceptors (Lipinski definition) is 6. The topological polar surface area (TPSA) is 79.4 Å². The van der Waals surface area contributed by atoms with Crippen molar-refractivity contribution in [3.8, 4) is 0 Å². The quantitative estimate of drug-likeness (QED) is 0.447. The minimum absolute atomic E-state index is 0.0335. The van der Waals surface area contributed by atoms with Crippen molar-refractivity contribution in [2.24, 2.45) is 17.8 Å². The van der Waals surface area contributed by atoms with Crippen LogP contribution in [0.3, 0.4) is 0 Å². The van der Waals surface area contributed by atoms with Gasteiger partial charge >= 0.3 is 6.18 Å². The Bertz CT molecular complexity index is 1200. The maximum Gasteiger partial charge on any atom is 0.391 e. The highest BCUT2D eigenvalue weighted by Crippen LogP contribution is 2.44. The summed E-state index contributed by atoms with van der Waals surface area (Å²) in [6.45, 7) is 7.48. The number of carbonyl (C=O) groups is 1. The predicted octanol–water partition coefficient (Wildman–Crippen LogP) is 5.75. The lowest BCUT2D eigenvalue weighted by Crippen LogP contribution is -2.35. The van der Waals surface area contributed by atoms with Gasteiger partial charge in [0.15, 0.2) is 14.8 Å². The molecule has 0 radical (unpaired) electrons. The summed E-state index contributed by atoms with van der Waals surface area (Å²) >= 11 is 1.37. The molecule has 2 aromatic rings. The van der Waals surface area contributed by atoms with Crippen LogP contribution in [-0.2, 0) is 22.9 Å². The lowest BCUT2D eigenvalue weighted by atomic mass is 9.81. The summed E-state index contributed by atoms with van der Waals surface area (Å²) in [4.78, 5) is 21.1. The Morgan fingerprint density at radius 1 is 1.16 bits per heavy atom. The van der Waals surface area contributed by atoms with Crippen molar-refractivity contribution in [2.75, 3.05) is 12.3 Å². The Labute approximate surface area is 220 Å². The first kappa shape index (κ1) is 28.0. The first-order valence-electron chi connectivity index (χ1n) is 12.8. The lowest BCUT2D eigenvalue weighted by molar-refractivity contribution is -0.184. The molecule has 204 valence electrons.